The lowest BCUT2D eigenvalue weighted by molar-refractivity contribution is 0.0736. The molecule has 1 N–H and O–H groups in total. The van der Waals surface area contributed by atoms with Crippen LogP contribution in [0.4, 0.5) is 0 Å². The lowest BCUT2D eigenvalue weighted by Gasteiger charge is -2.07. The Kier molecular flexibility index (Phi) is 6.51. The highest BCUT2D eigenvalue weighted by Gasteiger charge is 2.13. The highest BCUT2D eigenvalue weighted by atomic mass is 35.5. The van der Waals surface area contributed by atoms with Crippen molar-refractivity contribution < 1.29 is 17.9 Å². The summed E-state index contributed by atoms with van der Waals surface area (Å²) in [5, 5.41) is 0.134. The first-order valence-corrected chi connectivity index (χ1v) is 7.10. The lowest BCUT2D eigenvalue weighted by Crippen LogP contribution is -2.27. The van der Waals surface area contributed by atoms with Crippen LogP contribution in [-0.2, 0) is 19.5 Å². The molecule has 1 aromatic heterocycles. The minimum Gasteiger partial charge on any atom is -0.382 e. The molecule has 0 spiro atoms. The van der Waals surface area contributed by atoms with E-state index in [1.807, 2.05) is 0 Å². The van der Waals surface area contributed by atoms with Gasteiger partial charge in [0.25, 0.3) is 0 Å². The molecule has 0 fully saturated rings. The number of nitrogens with one attached hydrogen (secondary N) is 1. The van der Waals surface area contributed by atoms with Crippen molar-refractivity contribution in [2.45, 2.75) is 4.90 Å². The number of hydrogen-bond acceptors (Lipinski definition) is 5. The summed E-state index contributed by atoms with van der Waals surface area (Å²) in [7, 11) is -1.99. The summed E-state index contributed by atoms with van der Waals surface area (Å²) in [4.78, 5) is 3.80. The second kappa shape index (κ2) is 7.65. The van der Waals surface area contributed by atoms with Gasteiger partial charge in [0.2, 0.25) is 10.0 Å². The van der Waals surface area contributed by atoms with Gasteiger partial charge in [0.05, 0.1) is 24.7 Å². The fraction of sp³-hybridized carbons (Fsp3) is 0.500. The van der Waals surface area contributed by atoms with Crippen LogP contribution in [0.15, 0.2) is 23.2 Å². The van der Waals surface area contributed by atoms with Crippen LogP contribution < -0.4 is 4.72 Å². The number of sulfonamides is 1. The Balaban J connectivity index is 2.41. The zero-order chi connectivity index (χ0) is 13.4. The molecule has 0 unspecified atom stereocenters. The van der Waals surface area contributed by atoms with Crippen molar-refractivity contribution in [2.24, 2.45) is 0 Å². The first kappa shape index (κ1) is 15.3. The summed E-state index contributed by atoms with van der Waals surface area (Å²) >= 11 is 5.63. The predicted octanol–water partition coefficient (Wildman–Crippen LogP) is 0.676. The van der Waals surface area contributed by atoms with Gasteiger partial charge in [-0.25, -0.2) is 18.1 Å². The summed E-state index contributed by atoms with van der Waals surface area (Å²) in [5.74, 6) is 0. The Labute approximate surface area is 111 Å². The van der Waals surface area contributed by atoms with Gasteiger partial charge < -0.3 is 9.47 Å². The number of ether oxygens (including phenoxy) is 2. The normalized spacial score (nSPS) is 11.7. The van der Waals surface area contributed by atoms with Crippen LogP contribution in [0.3, 0.4) is 0 Å². The number of pyridine rings is 1. The van der Waals surface area contributed by atoms with E-state index < -0.39 is 10.0 Å². The van der Waals surface area contributed by atoms with Crippen LogP contribution in [0.1, 0.15) is 0 Å². The molecule has 0 saturated heterocycles. The molecule has 1 rings (SSSR count). The van der Waals surface area contributed by atoms with Gasteiger partial charge in [-0.15, -0.1) is 0 Å². The molecule has 0 bridgehead atoms. The van der Waals surface area contributed by atoms with Crippen LogP contribution in [-0.4, -0.2) is 46.9 Å². The van der Waals surface area contributed by atoms with Crippen LogP contribution in [0.5, 0.6) is 0 Å². The Bertz CT molecular complexity index is 467. The Morgan fingerprint density at radius 1 is 1.39 bits per heavy atom. The van der Waals surface area contributed by atoms with Gasteiger partial charge in [-0.2, -0.15) is 0 Å². The second-order valence-corrected chi connectivity index (χ2v) is 5.47. The third-order valence-corrected chi connectivity index (χ3v) is 3.64. The molecule has 6 nitrogen and oxygen atoms in total. The zero-order valence-corrected chi connectivity index (χ0v) is 11.5. The van der Waals surface area contributed by atoms with Crippen molar-refractivity contribution in [3.63, 3.8) is 0 Å². The van der Waals surface area contributed by atoms with E-state index in [9.17, 15) is 8.42 Å². The van der Waals surface area contributed by atoms with Gasteiger partial charge >= 0.3 is 0 Å². The maximum absolute atomic E-state index is 11.8. The van der Waals surface area contributed by atoms with Crippen LogP contribution in [0.2, 0.25) is 5.15 Å². The largest absolute Gasteiger partial charge is 0.382 e. The Morgan fingerprint density at radius 3 is 2.83 bits per heavy atom. The average Bonchev–Trinajstić information content (AvgIpc) is 2.33. The van der Waals surface area contributed by atoms with E-state index in [1.165, 1.54) is 18.3 Å². The molecule has 0 amide bonds. The minimum atomic E-state index is -3.56. The quantitative estimate of drug-likeness (QED) is 0.563. The van der Waals surface area contributed by atoms with Crippen molar-refractivity contribution in [1.29, 1.82) is 0 Å². The summed E-state index contributed by atoms with van der Waals surface area (Å²) in [6, 6.07) is 2.66. The van der Waals surface area contributed by atoms with Crippen LogP contribution >= 0.6 is 11.6 Å². The number of hydrogen-bond donors (Lipinski definition) is 1. The third-order valence-electron chi connectivity index (χ3n) is 1.98. The molecule has 102 valence electrons. The molecule has 1 aromatic rings. The van der Waals surface area contributed by atoms with E-state index in [-0.39, 0.29) is 23.2 Å². The van der Waals surface area contributed by atoms with E-state index >= 15 is 0 Å². The van der Waals surface area contributed by atoms with Gasteiger partial charge in [0.1, 0.15) is 5.15 Å². The Hall–Kier alpha value is -0.730. The van der Waals surface area contributed by atoms with Crippen molar-refractivity contribution in [3.05, 3.63) is 23.5 Å². The molecule has 0 atom stereocenters. The predicted molar refractivity (Wildman–Crippen MR) is 67.1 cm³/mol. The number of aromatic nitrogens is 1. The van der Waals surface area contributed by atoms with Gasteiger partial charge in [-0.3, -0.25) is 0 Å². The van der Waals surface area contributed by atoms with Crippen LogP contribution in [0.25, 0.3) is 0 Å². The van der Waals surface area contributed by atoms with Crippen molar-refractivity contribution in [1.82, 2.24) is 9.71 Å². The number of halogens is 1. The SMILES string of the molecule is COCCOCCNS(=O)(=O)c1ccnc(Cl)c1. The fourth-order valence-electron chi connectivity index (χ4n) is 1.13. The van der Waals surface area contributed by atoms with Crippen molar-refractivity contribution in [2.75, 3.05) is 33.5 Å². The molecule has 0 aliphatic rings. The Morgan fingerprint density at radius 2 is 2.17 bits per heavy atom. The molecule has 0 radical (unpaired) electrons. The first-order chi connectivity index (χ1) is 8.56. The molecule has 8 heteroatoms. The number of methoxy groups -OCH3 is 1. The number of nitrogens with zero attached hydrogens (tertiary/aromatic N) is 1. The van der Waals surface area contributed by atoms with Gasteiger partial charge in [0.15, 0.2) is 0 Å². The summed E-state index contributed by atoms with van der Waals surface area (Å²) in [6.45, 7) is 1.37. The smallest absolute Gasteiger partial charge is 0.240 e. The van der Waals surface area contributed by atoms with E-state index in [0.29, 0.717) is 13.2 Å². The van der Waals surface area contributed by atoms with Gasteiger partial charge in [-0.1, -0.05) is 11.6 Å². The standard InChI is InChI=1S/C10H15ClN2O4S/c1-16-6-7-17-5-4-13-18(14,15)9-2-3-12-10(11)8-9/h2-3,8,13H,4-7H2,1H3. The highest BCUT2D eigenvalue weighted by molar-refractivity contribution is 7.89. The second-order valence-electron chi connectivity index (χ2n) is 3.32. The third kappa shape index (κ3) is 5.28. The summed E-state index contributed by atoms with van der Waals surface area (Å²) in [5.41, 5.74) is 0. The van der Waals surface area contributed by atoms with Crippen molar-refractivity contribution in [3.8, 4) is 0 Å². The summed E-state index contributed by atoms with van der Waals surface area (Å²) in [6.07, 6.45) is 1.34. The number of rotatable bonds is 8. The molecule has 0 saturated carbocycles. The monoisotopic (exact) mass is 294 g/mol. The summed E-state index contributed by atoms with van der Waals surface area (Å²) < 4.78 is 35.9. The van der Waals surface area contributed by atoms with E-state index in [0.717, 1.165) is 0 Å². The maximum atomic E-state index is 11.8. The molecule has 0 aliphatic carbocycles. The molecule has 0 aliphatic heterocycles. The highest BCUT2D eigenvalue weighted by Crippen LogP contribution is 2.12. The average molecular weight is 295 g/mol. The first-order valence-electron chi connectivity index (χ1n) is 5.24. The van der Waals surface area contributed by atoms with Gasteiger partial charge in [0, 0.05) is 19.9 Å². The van der Waals surface area contributed by atoms with E-state index in [1.54, 1.807) is 7.11 Å². The molecule has 18 heavy (non-hydrogen) atoms. The van der Waals surface area contributed by atoms with Crippen LogP contribution in [0, 0.1) is 0 Å². The molecular formula is C10H15ClN2O4S. The fourth-order valence-corrected chi connectivity index (χ4v) is 2.39. The molecule has 0 aromatic carbocycles. The zero-order valence-electron chi connectivity index (χ0n) is 9.93. The topological polar surface area (TPSA) is 77.5 Å². The minimum absolute atomic E-state index is 0.0828. The molecule has 1 heterocycles. The van der Waals surface area contributed by atoms with E-state index in [2.05, 4.69) is 9.71 Å². The van der Waals surface area contributed by atoms with Crippen molar-refractivity contribution >= 4 is 21.6 Å². The lowest BCUT2D eigenvalue weighted by atomic mass is 10.5. The van der Waals surface area contributed by atoms with E-state index in [4.69, 9.17) is 21.1 Å². The maximum Gasteiger partial charge on any atom is 0.240 e. The van der Waals surface area contributed by atoms with Gasteiger partial charge in [-0.05, 0) is 12.1 Å². The molecular weight excluding hydrogens is 280 g/mol.